The molecule has 1 aromatic heterocycles. The summed E-state index contributed by atoms with van der Waals surface area (Å²) in [4.78, 5) is 42.0. The van der Waals surface area contributed by atoms with E-state index in [1.54, 1.807) is 6.07 Å². The summed E-state index contributed by atoms with van der Waals surface area (Å²) in [6.07, 6.45) is -4.41. The van der Waals surface area contributed by atoms with Crippen LogP contribution in [0.15, 0.2) is 42.5 Å². The molecule has 3 heterocycles. The van der Waals surface area contributed by atoms with Crippen LogP contribution in [0.3, 0.4) is 0 Å². The zero-order valence-corrected chi connectivity index (χ0v) is 16.9. The zero-order chi connectivity index (χ0) is 23.5. The summed E-state index contributed by atoms with van der Waals surface area (Å²) in [5.74, 6) is -2.13. The Labute approximate surface area is 184 Å². The van der Waals surface area contributed by atoms with Crippen LogP contribution in [0.2, 0.25) is 0 Å². The molecule has 0 radical (unpaired) electrons. The number of nitrogens with zero attached hydrogens (tertiary/aromatic N) is 2. The van der Waals surface area contributed by atoms with Crippen molar-refractivity contribution in [3.8, 4) is 11.3 Å². The number of rotatable bonds is 2. The van der Waals surface area contributed by atoms with Gasteiger partial charge >= 0.3 is 6.18 Å². The fraction of sp³-hybridized carbons (Fsp3) is 0.217. The topological polar surface area (TPSA) is 79.4 Å². The number of hydrogen-bond donors (Lipinski definition) is 1. The molecule has 0 bridgehead atoms. The second-order valence-corrected chi connectivity index (χ2v) is 7.99. The van der Waals surface area contributed by atoms with Crippen LogP contribution in [-0.2, 0) is 22.3 Å². The summed E-state index contributed by atoms with van der Waals surface area (Å²) < 4.78 is 54.6. The highest BCUT2D eigenvalue weighted by molar-refractivity contribution is 6.05. The van der Waals surface area contributed by atoms with Crippen LogP contribution in [0.5, 0.6) is 0 Å². The van der Waals surface area contributed by atoms with Crippen molar-refractivity contribution in [2.24, 2.45) is 0 Å². The second kappa shape index (κ2) is 7.36. The standard InChI is InChI=1S/C23H15F4N3O3/c24-13-2-4-17-15(8-13)16(23(25,26)27)9-18(28-17)11-1-3-14-12(7-11)10-30(22(14)33)19-5-6-20(31)29-21(19)32/h1-4,7-9,19H,5-6,10H2,(H,29,31,32). The van der Waals surface area contributed by atoms with Gasteiger partial charge < -0.3 is 4.90 Å². The highest BCUT2D eigenvalue weighted by atomic mass is 19.4. The molecule has 1 saturated heterocycles. The average molecular weight is 457 g/mol. The molecule has 3 amide bonds. The highest BCUT2D eigenvalue weighted by Crippen LogP contribution is 2.38. The molecule has 6 nitrogen and oxygen atoms in total. The summed E-state index contributed by atoms with van der Waals surface area (Å²) in [6.45, 7) is 0.0825. The molecule has 2 aliphatic heterocycles. The van der Waals surface area contributed by atoms with Gasteiger partial charge in [-0.15, -0.1) is 0 Å². The molecule has 0 saturated carbocycles. The van der Waals surface area contributed by atoms with E-state index in [4.69, 9.17) is 0 Å². The Balaban J connectivity index is 1.54. The lowest BCUT2D eigenvalue weighted by Crippen LogP contribution is -2.52. The molecule has 1 fully saturated rings. The molecular weight excluding hydrogens is 442 g/mol. The van der Waals surface area contributed by atoms with Gasteiger partial charge in [0.05, 0.1) is 16.8 Å². The molecule has 2 aromatic carbocycles. The van der Waals surface area contributed by atoms with E-state index in [0.717, 1.165) is 18.2 Å². The van der Waals surface area contributed by atoms with Crippen molar-refractivity contribution in [1.29, 1.82) is 0 Å². The fourth-order valence-corrected chi connectivity index (χ4v) is 4.31. The van der Waals surface area contributed by atoms with Crippen LogP contribution >= 0.6 is 0 Å². The lowest BCUT2D eigenvalue weighted by molar-refractivity contribution is -0.137. The molecule has 1 unspecified atom stereocenters. The Morgan fingerprint density at radius 1 is 1.03 bits per heavy atom. The van der Waals surface area contributed by atoms with Crippen molar-refractivity contribution < 1.29 is 31.9 Å². The number of pyridine rings is 1. The van der Waals surface area contributed by atoms with Crippen molar-refractivity contribution in [2.45, 2.75) is 31.6 Å². The van der Waals surface area contributed by atoms with Gasteiger partial charge in [0.15, 0.2) is 0 Å². The minimum Gasteiger partial charge on any atom is -0.322 e. The zero-order valence-electron chi connectivity index (χ0n) is 16.9. The maximum atomic E-state index is 13.7. The molecule has 1 N–H and O–H groups in total. The van der Waals surface area contributed by atoms with Crippen LogP contribution in [0.25, 0.3) is 22.2 Å². The number of alkyl halides is 3. The number of piperidine rings is 1. The van der Waals surface area contributed by atoms with Crippen molar-refractivity contribution in [3.63, 3.8) is 0 Å². The Morgan fingerprint density at radius 3 is 2.55 bits per heavy atom. The number of fused-ring (bicyclic) bond motifs is 2. The molecule has 2 aliphatic rings. The van der Waals surface area contributed by atoms with Gasteiger partial charge in [-0.1, -0.05) is 6.07 Å². The molecule has 33 heavy (non-hydrogen) atoms. The van der Waals surface area contributed by atoms with Gasteiger partial charge in [-0.25, -0.2) is 9.37 Å². The third-order valence-electron chi connectivity index (χ3n) is 5.90. The normalized spacial score (nSPS) is 18.6. The van der Waals surface area contributed by atoms with Gasteiger partial charge in [0.1, 0.15) is 11.9 Å². The van der Waals surface area contributed by atoms with Gasteiger partial charge in [-0.2, -0.15) is 13.2 Å². The van der Waals surface area contributed by atoms with E-state index in [2.05, 4.69) is 10.3 Å². The summed E-state index contributed by atoms with van der Waals surface area (Å²) >= 11 is 0. The van der Waals surface area contributed by atoms with E-state index in [9.17, 15) is 31.9 Å². The van der Waals surface area contributed by atoms with Crippen molar-refractivity contribution in [1.82, 2.24) is 15.2 Å². The summed E-state index contributed by atoms with van der Waals surface area (Å²) in [7, 11) is 0. The van der Waals surface area contributed by atoms with Crippen LogP contribution < -0.4 is 5.32 Å². The number of nitrogens with one attached hydrogen (secondary N) is 1. The minimum absolute atomic E-state index is 0.0111. The quantitative estimate of drug-likeness (QED) is 0.469. The van der Waals surface area contributed by atoms with E-state index < -0.39 is 35.4 Å². The SMILES string of the molecule is O=C1CCC(N2Cc3cc(-c4cc(C(F)(F)F)c5cc(F)ccc5n4)ccc3C2=O)C(=O)N1. The fourth-order valence-electron chi connectivity index (χ4n) is 4.31. The Hall–Kier alpha value is -3.82. The molecule has 5 rings (SSSR count). The van der Waals surface area contributed by atoms with E-state index in [-0.39, 0.29) is 41.9 Å². The molecule has 3 aromatic rings. The predicted octanol–water partition coefficient (Wildman–Crippen LogP) is 3.82. The number of halogens is 4. The molecule has 10 heteroatoms. The Kier molecular flexibility index (Phi) is 4.70. The third-order valence-corrected chi connectivity index (χ3v) is 5.90. The molecule has 168 valence electrons. The second-order valence-electron chi connectivity index (χ2n) is 7.99. The van der Waals surface area contributed by atoms with Gasteiger partial charge in [0.2, 0.25) is 11.8 Å². The van der Waals surface area contributed by atoms with E-state index >= 15 is 0 Å². The molecule has 0 spiro atoms. The van der Waals surface area contributed by atoms with Crippen LogP contribution in [0.1, 0.15) is 34.3 Å². The van der Waals surface area contributed by atoms with Gasteiger partial charge in [0.25, 0.3) is 5.91 Å². The van der Waals surface area contributed by atoms with Gasteiger partial charge in [-0.05, 0) is 48.4 Å². The maximum absolute atomic E-state index is 13.7. The first kappa shape index (κ1) is 21.0. The third kappa shape index (κ3) is 3.61. The first-order valence-corrected chi connectivity index (χ1v) is 10.1. The van der Waals surface area contributed by atoms with Crippen molar-refractivity contribution >= 4 is 28.6 Å². The van der Waals surface area contributed by atoms with Crippen molar-refractivity contribution in [2.75, 3.05) is 0 Å². The highest BCUT2D eigenvalue weighted by Gasteiger charge is 2.39. The van der Waals surface area contributed by atoms with Crippen LogP contribution in [0, 0.1) is 5.82 Å². The summed E-state index contributed by atoms with van der Waals surface area (Å²) in [5.41, 5.74) is 0.227. The number of carbonyl (C=O) groups is 3. The maximum Gasteiger partial charge on any atom is 0.417 e. The summed E-state index contributed by atoms with van der Waals surface area (Å²) in [6, 6.07) is 7.63. The van der Waals surface area contributed by atoms with Gasteiger partial charge in [-0.3, -0.25) is 19.7 Å². The number of imide groups is 1. The number of benzene rings is 2. The lowest BCUT2D eigenvalue weighted by atomic mass is 10.0. The monoisotopic (exact) mass is 457 g/mol. The minimum atomic E-state index is -4.72. The van der Waals surface area contributed by atoms with E-state index in [1.807, 2.05) is 0 Å². The largest absolute Gasteiger partial charge is 0.417 e. The Morgan fingerprint density at radius 2 is 1.82 bits per heavy atom. The van der Waals surface area contributed by atoms with Crippen molar-refractivity contribution in [3.05, 3.63) is 65.0 Å². The number of aromatic nitrogens is 1. The number of carbonyl (C=O) groups excluding carboxylic acids is 3. The smallest absolute Gasteiger partial charge is 0.322 e. The number of amides is 3. The van der Waals surface area contributed by atoms with E-state index in [1.165, 1.54) is 23.1 Å². The van der Waals surface area contributed by atoms with Crippen LogP contribution in [-0.4, -0.2) is 33.6 Å². The Bertz CT molecular complexity index is 1350. The molecular formula is C23H15F4N3O3. The van der Waals surface area contributed by atoms with Crippen LogP contribution in [0.4, 0.5) is 17.6 Å². The molecule has 0 aliphatic carbocycles. The van der Waals surface area contributed by atoms with Gasteiger partial charge in [0, 0.05) is 29.5 Å². The van der Waals surface area contributed by atoms with E-state index in [0.29, 0.717) is 16.7 Å². The lowest BCUT2D eigenvalue weighted by Gasteiger charge is -2.29. The average Bonchev–Trinajstić information content (AvgIpc) is 3.08. The first-order valence-electron chi connectivity index (χ1n) is 10.1. The predicted molar refractivity (Wildman–Crippen MR) is 108 cm³/mol. The summed E-state index contributed by atoms with van der Waals surface area (Å²) in [5, 5.41) is 1.88. The molecule has 1 atom stereocenters. The number of hydrogen-bond acceptors (Lipinski definition) is 4. The first-order chi connectivity index (χ1) is 15.6.